The second-order valence-electron chi connectivity index (χ2n) is 5.24. The van der Waals surface area contributed by atoms with Crippen LogP contribution in [0.25, 0.3) is 0 Å². The van der Waals surface area contributed by atoms with Gasteiger partial charge in [-0.3, -0.25) is 9.78 Å². The SMILES string of the molecule is NC(=O)c1nnc(N2CCCCC2)nc1Nc1cncc(F)c1. The summed E-state index contributed by atoms with van der Waals surface area (Å²) in [4.78, 5) is 21.6. The first-order valence-corrected chi connectivity index (χ1v) is 7.30. The van der Waals surface area contributed by atoms with Gasteiger partial charge in [-0.2, -0.15) is 4.98 Å². The average Bonchev–Trinajstić information content (AvgIpc) is 2.55. The molecule has 0 atom stereocenters. The highest BCUT2D eigenvalue weighted by Crippen LogP contribution is 2.21. The summed E-state index contributed by atoms with van der Waals surface area (Å²) in [5.41, 5.74) is 5.55. The first kappa shape index (κ1) is 15.1. The van der Waals surface area contributed by atoms with Gasteiger partial charge in [-0.1, -0.05) is 0 Å². The molecule has 3 heterocycles. The standard InChI is InChI=1S/C14H16FN7O/c15-9-6-10(8-17-7-9)18-13-11(12(16)23)20-21-14(19-13)22-4-2-1-3-5-22/h6-8H,1-5H2,(H2,16,23)(H,18,19,21). The summed E-state index contributed by atoms with van der Waals surface area (Å²) in [6.45, 7) is 1.66. The Balaban J connectivity index is 1.93. The van der Waals surface area contributed by atoms with Crippen LogP contribution in [0.3, 0.4) is 0 Å². The lowest BCUT2D eigenvalue weighted by molar-refractivity contribution is 0.0995. The first-order chi connectivity index (χ1) is 11.1. The fourth-order valence-electron chi connectivity index (χ4n) is 2.42. The van der Waals surface area contributed by atoms with Gasteiger partial charge in [-0.15, -0.1) is 10.2 Å². The third-order valence-electron chi connectivity index (χ3n) is 3.52. The monoisotopic (exact) mass is 317 g/mol. The van der Waals surface area contributed by atoms with Gasteiger partial charge in [0.2, 0.25) is 5.95 Å². The van der Waals surface area contributed by atoms with Crippen molar-refractivity contribution in [3.05, 3.63) is 30.0 Å². The molecule has 1 amide bonds. The van der Waals surface area contributed by atoms with Gasteiger partial charge in [0.05, 0.1) is 18.1 Å². The van der Waals surface area contributed by atoms with Gasteiger partial charge in [0.15, 0.2) is 11.5 Å². The lowest BCUT2D eigenvalue weighted by Gasteiger charge is -2.26. The number of primary amides is 1. The highest BCUT2D eigenvalue weighted by atomic mass is 19.1. The summed E-state index contributed by atoms with van der Waals surface area (Å²) < 4.78 is 13.2. The second-order valence-corrected chi connectivity index (χ2v) is 5.24. The Morgan fingerprint density at radius 1 is 1.22 bits per heavy atom. The van der Waals surface area contributed by atoms with E-state index in [0.717, 1.165) is 32.1 Å². The van der Waals surface area contributed by atoms with E-state index < -0.39 is 11.7 Å². The van der Waals surface area contributed by atoms with E-state index in [-0.39, 0.29) is 11.5 Å². The van der Waals surface area contributed by atoms with Gasteiger partial charge in [0, 0.05) is 19.2 Å². The van der Waals surface area contributed by atoms with Crippen LogP contribution in [0.4, 0.5) is 21.8 Å². The van der Waals surface area contributed by atoms with Crippen molar-refractivity contribution < 1.29 is 9.18 Å². The number of carbonyl (C=O) groups is 1. The number of hydrogen-bond donors (Lipinski definition) is 2. The van der Waals surface area contributed by atoms with Gasteiger partial charge < -0.3 is 16.0 Å². The lowest BCUT2D eigenvalue weighted by Crippen LogP contribution is -2.32. The van der Waals surface area contributed by atoms with Crippen LogP contribution in [0.5, 0.6) is 0 Å². The largest absolute Gasteiger partial charge is 0.364 e. The maximum absolute atomic E-state index is 13.2. The van der Waals surface area contributed by atoms with Crippen LogP contribution in [0, 0.1) is 5.82 Å². The van der Waals surface area contributed by atoms with Crippen LogP contribution in [-0.2, 0) is 0 Å². The molecule has 2 aromatic rings. The molecule has 1 aliphatic heterocycles. The maximum atomic E-state index is 13.2. The van der Waals surface area contributed by atoms with Crippen molar-refractivity contribution in [2.24, 2.45) is 5.73 Å². The van der Waals surface area contributed by atoms with Crippen molar-refractivity contribution in [3.63, 3.8) is 0 Å². The molecule has 0 spiro atoms. The highest BCUT2D eigenvalue weighted by Gasteiger charge is 2.19. The number of piperidine rings is 1. The molecule has 0 radical (unpaired) electrons. The zero-order valence-electron chi connectivity index (χ0n) is 12.4. The molecular weight excluding hydrogens is 301 g/mol. The Hall–Kier alpha value is -2.84. The predicted molar refractivity (Wildman–Crippen MR) is 81.9 cm³/mol. The fourth-order valence-corrected chi connectivity index (χ4v) is 2.42. The molecule has 0 unspecified atom stereocenters. The Morgan fingerprint density at radius 2 is 2.00 bits per heavy atom. The van der Waals surface area contributed by atoms with Crippen molar-refractivity contribution in [1.82, 2.24) is 20.2 Å². The third kappa shape index (κ3) is 3.50. The van der Waals surface area contributed by atoms with E-state index in [1.54, 1.807) is 0 Å². The third-order valence-corrected chi connectivity index (χ3v) is 3.52. The fraction of sp³-hybridized carbons (Fsp3) is 0.357. The highest BCUT2D eigenvalue weighted by molar-refractivity contribution is 5.96. The molecule has 1 saturated heterocycles. The van der Waals surface area contributed by atoms with Gasteiger partial charge in [0.1, 0.15) is 5.82 Å². The number of halogens is 1. The molecule has 0 aliphatic carbocycles. The summed E-state index contributed by atoms with van der Waals surface area (Å²) >= 11 is 0. The summed E-state index contributed by atoms with van der Waals surface area (Å²) in [5.74, 6) is -0.710. The number of carbonyl (C=O) groups excluding carboxylic acids is 1. The minimum atomic E-state index is -0.762. The number of anilines is 3. The van der Waals surface area contributed by atoms with Gasteiger partial charge in [-0.25, -0.2) is 4.39 Å². The second kappa shape index (κ2) is 6.51. The predicted octanol–water partition coefficient (Wildman–Crippen LogP) is 1.24. The van der Waals surface area contributed by atoms with Gasteiger partial charge in [-0.05, 0) is 19.3 Å². The van der Waals surface area contributed by atoms with Crippen LogP contribution >= 0.6 is 0 Å². The minimum Gasteiger partial charge on any atom is -0.364 e. The molecule has 23 heavy (non-hydrogen) atoms. The molecular formula is C14H16FN7O. The maximum Gasteiger partial charge on any atom is 0.273 e. The van der Waals surface area contributed by atoms with Gasteiger partial charge >= 0.3 is 0 Å². The molecule has 0 bridgehead atoms. The van der Waals surface area contributed by atoms with E-state index in [1.165, 1.54) is 18.7 Å². The van der Waals surface area contributed by atoms with Crippen LogP contribution in [0.1, 0.15) is 29.8 Å². The lowest BCUT2D eigenvalue weighted by atomic mass is 10.1. The number of aromatic nitrogens is 4. The summed E-state index contributed by atoms with van der Waals surface area (Å²) in [5, 5.41) is 10.7. The zero-order valence-corrected chi connectivity index (χ0v) is 12.4. The van der Waals surface area contributed by atoms with E-state index in [9.17, 15) is 9.18 Å². The smallest absolute Gasteiger partial charge is 0.273 e. The first-order valence-electron chi connectivity index (χ1n) is 7.30. The molecule has 120 valence electrons. The minimum absolute atomic E-state index is 0.102. The normalized spacial score (nSPS) is 14.6. The van der Waals surface area contributed by atoms with Crippen LogP contribution in [0.2, 0.25) is 0 Å². The number of nitrogens with zero attached hydrogens (tertiary/aromatic N) is 5. The summed E-state index contributed by atoms with van der Waals surface area (Å²) in [7, 11) is 0. The average molecular weight is 317 g/mol. The van der Waals surface area contributed by atoms with Crippen molar-refractivity contribution in [1.29, 1.82) is 0 Å². The van der Waals surface area contributed by atoms with E-state index >= 15 is 0 Å². The number of nitrogens with one attached hydrogen (secondary N) is 1. The van der Waals surface area contributed by atoms with Crippen LogP contribution in [-0.4, -0.2) is 39.2 Å². The Bertz CT molecular complexity index is 718. The number of amides is 1. The van der Waals surface area contributed by atoms with Crippen molar-refractivity contribution in [3.8, 4) is 0 Å². The topological polar surface area (TPSA) is 110 Å². The Morgan fingerprint density at radius 3 is 2.70 bits per heavy atom. The van der Waals surface area contributed by atoms with E-state index in [4.69, 9.17) is 5.73 Å². The molecule has 9 heteroatoms. The number of hydrogen-bond acceptors (Lipinski definition) is 7. The molecule has 8 nitrogen and oxygen atoms in total. The molecule has 3 rings (SSSR count). The molecule has 1 aliphatic rings. The summed E-state index contributed by atoms with van der Waals surface area (Å²) in [6, 6.07) is 1.24. The van der Waals surface area contributed by atoms with Crippen molar-refractivity contribution in [2.75, 3.05) is 23.3 Å². The van der Waals surface area contributed by atoms with E-state index in [2.05, 4.69) is 25.5 Å². The van der Waals surface area contributed by atoms with Crippen LogP contribution < -0.4 is 16.0 Å². The van der Waals surface area contributed by atoms with Crippen molar-refractivity contribution >= 4 is 23.4 Å². The molecule has 3 N–H and O–H groups in total. The molecule has 1 fully saturated rings. The van der Waals surface area contributed by atoms with Gasteiger partial charge in [0.25, 0.3) is 5.91 Å². The molecule has 0 aromatic carbocycles. The Labute approximate surface area is 131 Å². The number of nitrogens with two attached hydrogens (primary N) is 1. The quantitative estimate of drug-likeness (QED) is 0.872. The molecule has 2 aromatic heterocycles. The molecule has 0 saturated carbocycles. The van der Waals surface area contributed by atoms with E-state index in [1.807, 2.05) is 4.90 Å². The Kier molecular flexibility index (Phi) is 4.26. The number of rotatable bonds is 4. The zero-order chi connectivity index (χ0) is 16.2. The van der Waals surface area contributed by atoms with Crippen LogP contribution in [0.15, 0.2) is 18.5 Å². The van der Waals surface area contributed by atoms with Crippen molar-refractivity contribution in [2.45, 2.75) is 19.3 Å². The number of pyridine rings is 1. The summed E-state index contributed by atoms with van der Waals surface area (Å²) in [6.07, 6.45) is 5.77. The van der Waals surface area contributed by atoms with E-state index in [0.29, 0.717) is 11.6 Å².